The standard InChI is InChI=1S/C17H31N3O4/c1-10(21)13(14(18)22)20-11(2)17(12(20)3)8-7-9-19(17)15(23)24-16(4,5)6/h10-13,21H,7-9H2,1-6H3,(H2,18,22)/t10-,11?,12?,13+,17?/m1/s1. The lowest BCUT2D eigenvalue weighted by Gasteiger charge is -2.65. The zero-order valence-electron chi connectivity index (χ0n) is 15.6. The minimum absolute atomic E-state index is 0.0744. The van der Waals surface area contributed by atoms with E-state index in [0.717, 1.165) is 12.8 Å². The van der Waals surface area contributed by atoms with E-state index in [-0.39, 0.29) is 23.7 Å². The first-order valence-electron chi connectivity index (χ1n) is 8.69. The fourth-order valence-corrected chi connectivity index (χ4v) is 4.54. The molecule has 0 saturated carbocycles. The van der Waals surface area contributed by atoms with Crippen molar-refractivity contribution in [1.82, 2.24) is 9.80 Å². The van der Waals surface area contributed by atoms with Gasteiger partial charge in [-0.2, -0.15) is 0 Å². The molecular weight excluding hydrogens is 310 g/mol. The Morgan fingerprint density at radius 2 is 1.83 bits per heavy atom. The summed E-state index contributed by atoms with van der Waals surface area (Å²) in [4.78, 5) is 28.2. The molecule has 2 aliphatic rings. The molecule has 138 valence electrons. The van der Waals surface area contributed by atoms with Gasteiger partial charge in [0, 0.05) is 18.6 Å². The molecule has 2 unspecified atom stereocenters. The SMILES string of the molecule is CC1N([C@H](C(N)=O)[C@@H](C)O)C(C)C12CCCN2C(=O)OC(C)(C)C. The number of primary amides is 1. The van der Waals surface area contributed by atoms with Crippen LogP contribution in [0.2, 0.25) is 0 Å². The highest BCUT2D eigenvalue weighted by molar-refractivity contribution is 5.81. The number of likely N-dealkylation sites (tertiary alicyclic amines) is 2. The summed E-state index contributed by atoms with van der Waals surface area (Å²) in [5.74, 6) is -0.541. The maximum absolute atomic E-state index is 12.6. The molecule has 0 aromatic carbocycles. The second-order valence-corrected chi connectivity index (χ2v) is 8.11. The molecule has 0 aliphatic carbocycles. The summed E-state index contributed by atoms with van der Waals surface area (Å²) >= 11 is 0. The number of carbonyl (C=O) groups excluding carboxylic acids is 2. The number of hydrogen-bond acceptors (Lipinski definition) is 5. The summed E-state index contributed by atoms with van der Waals surface area (Å²) in [7, 11) is 0. The van der Waals surface area contributed by atoms with Crippen molar-refractivity contribution >= 4 is 12.0 Å². The van der Waals surface area contributed by atoms with Crippen molar-refractivity contribution in [3.8, 4) is 0 Å². The minimum atomic E-state index is -0.860. The molecule has 2 rings (SSSR count). The third kappa shape index (κ3) is 2.88. The number of carbonyl (C=O) groups is 2. The van der Waals surface area contributed by atoms with Crippen LogP contribution in [-0.2, 0) is 9.53 Å². The van der Waals surface area contributed by atoms with Crippen molar-refractivity contribution < 1.29 is 19.4 Å². The Morgan fingerprint density at radius 1 is 1.29 bits per heavy atom. The largest absolute Gasteiger partial charge is 0.444 e. The molecule has 0 aromatic heterocycles. The van der Waals surface area contributed by atoms with Gasteiger partial charge in [-0.3, -0.25) is 14.6 Å². The van der Waals surface area contributed by atoms with Crippen LogP contribution < -0.4 is 5.73 Å². The molecule has 24 heavy (non-hydrogen) atoms. The zero-order chi connectivity index (χ0) is 18.4. The van der Waals surface area contributed by atoms with Gasteiger partial charge in [-0.25, -0.2) is 4.79 Å². The Kier molecular flexibility index (Phi) is 4.89. The van der Waals surface area contributed by atoms with Crippen LogP contribution in [0.3, 0.4) is 0 Å². The first kappa shape index (κ1) is 19.0. The maximum Gasteiger partial charge on any atom is 0.410 e. The molecule has 7 nitrogen and oxygen atoms in total. The normalized spacial score (nSPS) is 33.2. The molecule has 4 atom stereocenters. The third-order valence-corrected chi connectivity index (χ3v) is 5.49. The van der Waals surface area contributed by atoms with E-state index < -0.39 is 23.7 Å². The fraction of sp³-hybridized carbons (Fsp3) is 0.882. The molecule has 0 bridgehead atoms. The van der Waals surface area contributed by atoms with Crippen LogP contribution >= 0.6 is 0 Å². The van der Waals surface area contributed by atoms with Gasteiger partial charge in [-0.15, -0.1) is 0 Å². The van der Waals surface area contributed by atoms with Crippen molar-refractivity contribution in [1.29, 1.82) is 0 Å². The predicted molar refractivity (Wildman–Crippen MR) is 90.3 cm³/mol. The number of nitrogens with two attached hydrogens (primary N) is 1. The van der Waals surface area contributed by atoms with E-state index in [1.807, 2.05) is 44.4 Å². The third-order valence-electron chi connectivity index (χ3n) is 5.49. The van der Waals surface area contributed by atoms with E-state index in [2.05, 4.69) is 0 Å². The van der Waals surface area contributed by atoms with Gasteiger partial charge < -0.3 is 15.6 Å². The predicted octanol–water partition coefficient (Wildman–Crippen LogP) is 1.08. The van der Waals surface area contributed by atoms with Crippen molar-refractivity contribution in [3.63, 3.8) is 0 Å². The molecule has 2 fully saturated rings. The molecule has 2 heterocycles. The highest BCUT2D eigenvalue weighted by Gasteiger charge is 2.65. The molecule has 0 radical (unpaired) electrons. The Balaban J connectivity index is 2.24. The monoisotopic (exact) mass is 341 g/mol. The van der Waals surface area contributed by atoms with E-state index in [1.165, 1.54) is 0 Å². The molecule has 7 heteroatoms. The molecule has 1 spiro atoms. The van der Waals surface area contributed by atoms with E-state index in [4.69, 9.17) is 10.5 Å². The van der Waals surface area contributed by atoms with Gasteiger partial charge in [0.05, 0.1) is 11.6 Å². The molecule has 2 aliphatic heterocycles. The van der Waals surface area contributed by atoms with Gasteiger partial charge in [-0.1, -0.05) is 0 Å². The smallest absolute Gasteiger partial charge is 0.410 e. The number of aliphatic hydroxyl groups excluding tert-OH is 1. The van der Waals surface area contributed by atoms with Gasteiger partial charge in [0.2, 0.25) is 5.91 Å². The van der Waals surface area contributed by atoms with Gasteiger partial charge >= 0.3 is 6.09 Å². The Bertz CT molecular complexity index is 504. The molecule has 2 saturated heterocycles. The lowest BCUT2D eigenvalue weighted by atomic mass is 9.70. The van der Waals surface area contributed by atoms with Crippen LogP contribution in [-0.4, -0.2) is 68.8 Å². The number of rotatable bonds is 3. The minimum Gasteiger partial charge on any atom is -0.444 e. The lowest BCUT2D eigenvalue weighted by molar-refractivity contribution is -0.172. The van der Waals surface area contributed by atoms with E-state index in [9.17, 15) is 14.7 Å². The average molecular weight is 341 g/mol. The van der Waals surface area contributed by atoms with Gasteiger partial charge in [0.1, 0.15) is 11.6 Å². The van der Waals surface area contributed by atoms with Crippen molar-refractivity contribution in [2.45, 2.75) is 89.8 Å². The second-order valence-electron chi connectivity index (χ2n) is 8.11. The second kappa shape index (κ2) is 6.19. The Hall–Kier alpha value is -1.34. The summed E-state index contributed by atoms with van der Waals surface area (Å²) in [5, 5.41) is 9.96. The summed E-state index contributed by atoms with van der Waals surface area (Å²) < 4.78 is 5.57. The number of aliphatic hydroxyl groups is 1. The van der Waals surface area contributed by atoms with Crippen molar-refractivity contribution in [2.75, 3.05) is 6.54 Å². The van der Waals surface area contributed by atoms with E-state index in [1.54, 1.807) is 6.92 Å². The van der Waals surface area contributed by atoms with Crippen LogP contribution in [0.15, 0.2) is 0 Å². The van der Waals surface area contributed by atoms with Crippen molar-refractivity contribution in [3.05, 3.63) is 0 Å². The quantitative estimate of drug-likeness (QED) is 0.801. The fourth-order valence-electron chi connectivity index (χ4n) is 4.54. The molecular formula is C17H31N3O4. The summed E-state index contributed by atoms with van der Waals surface area (Å²) in [6, 6.07) is -0.897. The lowest BCUT2D eigenvalue weighted by Crippen LogP contribution is -2.82. The number of nitrogens with zero attached hydrogens (tertiary/aromatic N) is 2. The van der Waals surface area contributed by atoms with Gasteiger partial charge in [-0.05, 0) is 54.4 Å². The number of ether oxygens (including phenoxy) is 1. The van der Waals surface area contributed by atoms with Crippen LogP contribution in [0, 0.1) is 0 Å². The highest BCUT2D eigenvalue weighted by Crippen LogP contribution is 2.49. The number of hydrogen-bond donors (Lipinski definition) is 2. The van der Waals surface area contributed by atoms with Crippen LogP contribution in [0.25, 0.3) is 0 Å². The average Bonchev–Trinajstić information content (AvgIpc) is 2.88. The first-order chi connectivity index (χ1) is 10.9. The summed E-state index contributed by atoms with van der Waals surface area (Å²) in [6.07, 6.45) is 0.584. The van der Waals surface area contributed by atoms with Crippen LogP contribution in [0.5, 0.6) is 0 Å². The van der Waals surface area contributed by atoms with Crippen LogP contribution in [0.4, 0.5) is 4.79 Å². The van der Waals surface area contributed by atoms with Crippen molar-refractivity contribution in [2.24, 2.45) is 5.73 Å². The van der Waals surface area contributed by atoms with E-state index in [0.29, 0.717) is 6.54 Å². The van der Waals surface area contributed by atoms with Gasteiger partial charge in [0.15, 0.2) is 0 Å². The van der Waals surface area contributed by atoms with E-state index >= 15 is 0 Å². The zero-order valence-corrected chi connectivity index (χ0v) is 15.6. The topological polar surface area (TPSA) is 96.1 Å². The van der Waals surface area contributed by atoms with Gasteiger partial charge in [0.25, 0.3) is 0 Å². The molecule has 3 N–H and O–H groups in total. The highest BCUT2D eigenvalue weighted by atomic mass is 16.6. The maximum atomic E-state index is 12.6. The summed E-state index contributed by atoms with van der Waals surface area (Å²) in [6.45, 7) is 11.7. The number of amides is 2. The summed E-state index contributed by atoms with van der Waals surface area (Å²) in [5.41, 5.74) is 4.57. The first-order valence-corrected chi connectivity index (χ1v) is 8.69. The Morgan fingerprint density at radius 3 is 2.25 bits per heavy atom. The Labute approximate surface area is 144 Å². The molecule has 2 amide bonds. The molecule has 0 aromatic rings. The van der Waals surface area contributed by atoms with Crippen LogP contribution in [0.1, 0.15) is 54.4 Å².